The molecule has 2 rings (SSSR count). The lowest BCUT2D eigenvalue weighted by molar-refractivity contribution is 0.169. The fourth-order valence-corrected chi connectivity index (χ4v) is 2.90. The van der Waals surface area contributed by atoms with Gasteiger partial charge >= 0.3 is 0 Å². The van der Waals surface area contributed by atoms with E-state index in [1.807, 2.05) is 13.0 Å². The van der Waals surface area contributed by atoms with Gasteiger partial charge in [0.25, 0.3) is 0 Å². The van der Waals surface area contributed by atoms with Crippen LogP contribution in [0.15, 0.2) is 18.2 Å². The van der Waals surface area contributed by atoms with Crippen LogP contribution in [0.2, 0.25) is 0 Å². The first-order valence-electron chi connectivity index (χ1n) is 7.70. The third kappa shape index (κ3) is 3.39. The number of rotatable bonds is 3. The predicted molar refractivity (Wildman–Crippen MR) is 82.4 cm³/mol. The number of benzene rings is 1. The third-order valence-electron chi connectivity index (χ3n) is 4.73. The normalized spacial score (nSPS) is 26.2. The summed E-state index contributed by atoms with van der Waals surface area (Å²) >= 11 is 0. The molecule has 0 saturated carbocycles. The standard InChI is InChI=1S/C17H27FN2/c1-5-17(4)12-20(10-6-9-19-17)14(3)15-8-7-13(2)16(18)11-15/h7-8,11,14,19H,5-6,9-10,12H2,1-4H3. The van der Waals surface area contributed by atoms with Crippen molar-refractivity contribution in [1.82, 2.24) is 10.2 Å². The maximum Gasteiger partial charge on any atom is 0.126 e. The molecule has 1 aromatic rings. The summed E-state index contributed by atoms with van der Waals surface area (Å²) < 4.78 is 13.8. The lowest BCUT2D eigenvalue weighted by Gasteiger charge is -2.36. The van der Waals surface area contributed by atoms with Crippen molar-refractivity contribution in [1.29, 1.82) is 0 Å². The Balaban J connectivity index is 2.18. The molecule has 2 atom stereocenters. The summed E-state index contributed by atoms with van der Waals surface area (Å²) in [7, 11) is 0. The highest BCUT2D eigenvalue weighted by Gasteiger charge is 2.29. The summed E-state index contributed by atoms with van der Waals surface area (Å²) in [6.07, 6.45) is 2.26. The highest BCUT2D eigenvalue weighted by molar-refractivity contribution is 5.25. The Morgan fingerprint density at radius 3 is 2.85 bits per heavy atom. The summed E-state index contributed by atoms with van der Waals surface area (Å²) in [5.74, 6) is -0.0967. The van der Waals surface area contributed by atoms with Gasteiger partial charge in [0.05, 0.1) is 0 Å². The van der Waals surface area contributed by atoms with Gasteiger partial charge in [-0.3, -0.25) is 4.90 Å². The van der Waals surface area contributed by atoms with Crippen molar-refractivity contribution in [3.8, 4) is 0 Å². The number of nitrogens with one attached hydrogen (secondary N) is 1. The second kappa shape index (κ2) is 6.23. The second-order valence-electron chi connectivity index (χ2n) is 6.35. The quantitative estimate of drug-likeness (QED) is 0.907. The summed E-state index contributed by atoms with van der Waals surface area (Å²) in [6.45, 7) is 11.7. The van der Waals surface area contributed by atoms with Crippen molar-refractivity contribution in [2.75, 3.05) is 19.6 Å². The van der Waals surface area contributed by atoms with E-state index in [0.717, 1.165) is 43.6 Å². The zero-order valence-electron chi connectivity index (χ0n) is 13.2. The van der Waals surface area contributed by atoms with Crippen LogP contribution >= 0.6 is 0 Å². The van der Waals surface area contributed by atoms with Gasteiger partial charge in [0.2, 0.25) is 0 Å². The van der Waals surface area contributed by atoms with E-state index in [4.69, 9.17) is 0 Å². The fraction of sp³-hybridized carbons (Fsp3) is 0.647. The molecule has 1 aliphatic heterocycles. The van der Waals surface area contributed by atoms with E-state index in [2.05, 4.69) is 37.1 Å². The minimum Gasteiger partial charge on any atom is -0.310 e. The maximum absolute atomic E-state index is 13.8. The van der Waals surface area contributed by atoms with Gasteiger partial charge in [0.15, 0.2) is 0 Å². The number of aryl methyl sites for hydroxylation is 1. The highest BCUT2D eigenvalue weighted by Crippen LogP contribution is 2.26. The largest absolute Gasteiger partial charge is 0.310 e. The van der Waals surface area contributed by atoms with E-state index in [9.17, 15) is 4.39 Å². The Hall–Kier alpha value is -0.930. The van der Waals surface area contributed by atoms with Crippen LogP contribution in [0.1, 0.15) is 50.8 Å². The Bertz CT molecular complexity index is 460. The Labute approximate surface area is 122 Å². The van der Waals surface area contributed by atoms with Crippen LogP contribution in [-0.2, 0) is 0 Å². The first kappa shape index (κ1) is 15.5. The van der Waals surface area contributed by atoms with Crippen molar-refractivity contribution < 1.29 is 4.39 Å². The second-order valence-corrected chi connectivity index (χ2v) is 6.35. The van der Waals surface area contributed by atoms with E-state index in [0.29, 0.717) is 0 Å². The van der Waals surface area contributed by atoms with Gasteiger partial charge in [-0.1, -0.05) is 19.1 Å². The molecule has 2 nitrogen and oxygen atoms in total. The van der Waals surface area contributed by atoms with E-state index >= 15 is 0 Å². The van der Waals surface area contributed by atoms with Crippen LogP contribution in [0.3, 0.4) is 0 Å². The molecule has 0 amide bonds. The molecular weight excluding hydrogens is 251 g/mol. The summed E-state index contributed by atoms with van der Waals surface area (Å²) in [5, 5.41) is 3.65. The first-order chi connectivity index (χ1) is 9.45. The van der Waals surface area contributed by atoms with Gasteiger partial charge in [-0.05, 0) is 57.4 Å². The molecule has 1 N–H and O–H groups in total. The molecule has 0 radical (unpaired) electrons. The molecular formula is C17H27FN2. The molecule has 1 fully saturated rings. The molecule has 0 aromatic heterocycles. The van der Waals surface area contributed by atoms with Crippen LogP contribution in [0, 0.1) is 12.7 Å². The minimum atomic E-state index is -0.0967. The number of halogens is 1. The van der Waals surface area contributed by atoms with E-state index in [1.165, 1.54) is 0 Å². The Morgan fingerprint density at radius 1 is 1.45 bits per heavy atom. The molecule has 0 spiro atoms. The van der Waals surface area contributed by atoms with Gasteiger partial charge in [0.1, 0.15) is 5.82 Å². The average Bonchev–Trinajstić information content (AvgIpc) is 2.64. The Kier molecular flexibility index (Phi) is 4.82. The van der Waals surface area contributed by atoms with E-state index in [1.54, 1.807) is 6.07 Å². The van der Waals surface area contributed by atoms with E-state index in [-0.39, 0.29) is 17.4 Å². The topological polar surface area (TPSA) is 15.3 Å². The first-order valence-corrected chi connectivity index (χ1v) is 7.70. The maximum atomic E-state index is 13.8. The molecule has 1 aromatic carbocycles. The molecule has 1 saturated heterocycles. The third-order valence-corrected chi connectivity index (χ3v) is 4.73. The molecule has 3 heteroatoms. The highest BCUT2D eigenvalue weighted by atomic mass is 19.1. The van der Waals surface area contributed by atoms with Gasteiger partial charge in [-0.25, -0.2) is 4.39 Å². The molecule has 1 heterocycles. The van der Waals surface area contributed by atoms with E-state index < -0.39 is 0 Å². The fourth-order valence-electron chi connectivity index (χ4n) is 2.90. The molecule has 1 aliphatic rings. The van der Waals surface area contributed by atoms with Gasteiger partial charge in [0, 0.05) is 24.7 Å². The van der Waals surface area contributed by atoms with Crippen LogP contribution in [-0.4, -0.2) is 30.1 Å². The van der Waals surface area contributed by atoms with Crippen LogP contribution < -0.4 is 5.32 Å². The summed E-state index contributed by atoms with van der Waals surface area (Å²) in [6, 6.07) is 5.90. The molecule has 2 unspecified atom stereocenters. The Morgan fingerprint density at radius 2 is 2.20 bits per heavy atom. The monoisotopic (exact) mass is 278 g/mol. The van der Waals surface area contributed by atoms with Crippen LogP contribution in [0.4, 0.5) is 4.39 Å². The number of nitrogens with zero attached hydrogens (tertiary/aromatic N) is 1. The molecule has 0 bridgehead atoms. The smallest absolute Gasteiger partial charge is 0.126 e. The van der Waals surface area contributed by atoms with Crippen molar-refractivity contribution >= 4 is 0 Å². The summed E-state index contributed by atoms with van der Waals surface area (Å²) in [4.78, 5) is 2.48. The number of hydrogen-bond donors (Lipinski definition) is 1. The van der Waals surface area contributed by atoms with Gasteiger partial charge in [-0.15, -0.1) is 0 Å². The minimum absolute atomic E-state index is 0.0967. The van der Waals surface area contributed by atoms with Crippen LogP contribution in [0.5, 0.6) is 0 Å². The average molecular weight is 278 g/mol. The van der Waals surface area contributed by atoms with Crippen molar-refractivity contribution in [3.63, 3.8) is 0 Å². The van der Waals surface area contributed by atoms with Crippen molar-refractivity contribution in [2.45, 2.75) is 52.1 Å². The lowest BCUT2D eigenvalue weighted by atomic mass is 9.96. The number of hydrogen-bond acceptors (Lipinski definition) is 2. The summed E-state index contributed by atoms with van der Waals surface area (Å²) in [5.41, 5.74) is 1.96. The van der Waals surface area contributed by atoms with Crippen molar-refractivity contribution in [3.05, 3.63) is 35.1 Å². The lowest BCUT2D eigenvalue weighted by Crippen LogP contribution is -2.48. The predicted octanol–water partition coefficient (Wildman–Crippen LogP) is 3.66. The SMILES string of the molecule is CCC1(C)CN(C(C)c2ccc(C)c(F)c2)CCCN1. The molecule has 0 aliphatic carbocycles. The van der Waals surface area contributed by atoms with Gasteiger partial charge < -0.3 is 5.32 Å². The zero-order chi connectivity index (χ0) is 14.8. The van der Waals surface area contributed by atoms with Crippen molar-refractivity contribution in [2.24, 2.45) is 0 Å². The zero-order valence-corrected chi connectivity index (χ0v) is 13.2. The van der Waals surface area contributed by atoms with Gasteiger partial charge in [-0.2, -0.15) is 0 Å². The van der Waals surface area contributed by atoms with Crippen LogP contribution in [0.25, 0.3) is 0 Å². The molecule has 20 heavy (non-hydrogen) atoms. The molecule has 112 valence electrons.